The van der Waals surface area contributed by atoms with Crippen molar-refractivity contribution < 1.29 is 19.1 Å². The Morgan fingerprint density at radius 1 is 1.18 bits per heavy atom. The maximum absolute atomic E-state index is 13.2. The molecule has 0 bridgehead atoms. The van der Waals surface area contributed by atoms with Crippen molar-refractivity contribution in [3.05, 3.63) is 47.0 Å². The molecule has 0 radical (unpaired) electrons. The van der Waals surface area contributed by atoms with Crippen molar-refractivity contribution in [3.63, 3.8) is 0 Å². The monoisotopic (exact) mass is 489 g/mol. The number of carbonyl (C=O) groups excluding carboxylic acids is 3. The van der Waals surface area contributed by atoms with Gasteiger partial charge in [0.05, 0.1) is 25.0 Å². The molecule has 182 valence electrons. The molecule has 0 aliphatic carbocycles. The number of urea groups is 1. The summed E-state index contributed by atoms with van der Waals surface area (Å²) in [6.45, 7) is 6.45. The zero-order valence-electron chi connectivity index (χ0n) is 19.2. The van der Waals surface area contributed by atoms with Crippen LogP contribution in [0.1, 0.15) is 18.4 Å². The fourth-order valence-electron chi connectivity index (χ4n) is 4.07. The number of fused-ring (bicyclic) bond motifs is 1. The Bertz CT molecular complexity index is 1050. The van der Waals surface area contributed by atoms with Crippen molar-refractivity contribution in [2.45, 2.75) is 26.4 Å². The van der Waals surface area contributed by atoms with Gasteiger partial charge in [0, 0.05) is 43.5 Å². The summed E-state index contributed by atoms with van der Waals surface area (Å²) in [5.41, 5.74) is 1.41. The highest BCUT2D eigenvalue weighted by atomic mass is 35.5. The lowest BCUT2D eigenvalue weighted by molar-refractivity contribution is -0.138. The van der Waals surface area contributed by atoms with Gasteiger partial charge in [0.25, 0.3) is 0 Å². The number of imidazole rings is 1. The Hall–Kier alpha value is -3.15. The van der Waals surface area contributed by atoms with E-state index in [4.69, 9.17) is 16.3 Å². The van der Waals surface area contributed by atoms with E-state index in [2.05, 4.69) is 15.6 Å². The summed E-state index contributed by atoms with van der Waals surface area (Å²) < 4.78 is 7.06. The normalized spacial score (nSPS) is 17.0. The number of nitrogens with zero attached hydrogens (tertiary/aromatic N) is 5. The van der Waals surface area contributed by atoms with Gasteiger partial charge < -0.3 is 20.3 Å². The van der Waals surface area contributed by atoms with E-state index < -0.39 is 12.1 Å². The first kappa shape index (κ1) is 24.0. The van der Waals surface area contributed by atoms with Crippen molar-refractivity contribution >= 4 is 35.3 Å². The molecule has 4 rings (SSSR count). The van der Waals surface area contributed by atoms with Gasteiger partial charge in [0.1, 0.15) is 11.9 Å². The summed E-state index contributed by atoms with van der Waals surface area (Å²) in [5.74, 6) is 0.441. The number of hydrogen-bond acceptors (Lipinski definition) is 6. The van der Waals surface area contributed by atoms with E-state index in [9.17, 15) is 14.4 Å². The maximum Gasteiger partial charge on any atom is 0.344 e. The molecule has 0 spiro atoms. The van der Waals surface area contributed by atoms with Crippen molar-refractivity contribution in [3.8, 4) is 0 Å². The van der Waals surface area contributed by atoms with Crippen LogP contribution in [0.4, 0.5) is 15.3 Å². The Labute approximate surface area is 202 Å². The van der Waals surface area contributed by atoms with Gasteiger partial charge in [-0.15, -0.1) is 0 Å². The van der Waals surface area contributed by atoms with Crippen LogP contribution < -0.4 is 10.6 Å². The number of aromatic nitrogens is 2. The summed E-state index contributed by atoms with van der Waals surface area (Å²) in [5, 5.41) is 9.62. The van der Waals surface area contributed by atoms with Gasteiger partial charge in [0.2, 0.25) is 5.91 Å². The first-order valence-electron chi connectivity index (χ1n) is 11.2. The third kappa shape index (κ3) is 5.16. The minimum Gasteiger partial charge on any atom is -0.379 e. The number of hydrazine groups is 1. The fourth-order valence-corrected chi connectivity index (χ4v) is 4.19. The molecule has 3 heterocycles. The van der Waals surface area contributed by atoms with Gasteiger partial charge in [-0.2, -0.15) is 0 Å². The maximum atomic E-state index is 13.2. The predicted octanol–water partition coefficient (Wildman–Crippen LogP) is 1.91. The second-order valence-electron chi connectivity index (χ2n) is 8.07. The summed E-state index contributed by atoms with van der Waals surface area (Å²) in [7, 11) is 0. The van der Waals surface area contributed by atoms with E-state index in [-0.39, 0.29) is 18.5 Å². The highest BCUT2D eigenvalue weighted by Crippen LogP contribution is 2.21. The van der Waals surface area contributed by atoms with E-state index in [1.54, 1.807) is 51.9 Å². The van der Waals surface area contributed by atoms with Crippen LogP contribution >= 0.6 is 11.6 Å². The molecule has 1 saturated heterocycles. The Morgan fingerprint density at radius 3 is 2.53 bits per heavy atom. The minimum atomic E-state index is -0.832. The molecule has 2 aliphatic rings. The Morgan fingerprint density at radius 2 is 1.88 bits per heavy atom. The first-order chi connectivity index (χ1) is 16.4. The third-order valence-electron chi connectivity index (χ3n) is 5.84. The Kier molecular flexibility index (Phi) is 7.35. The molecule has 12 heteroatoms. The second-order valence-corrected chi connectivity index (χ2v) is 8.51. The lowest BCUT2D eigenvalue weighted by Gasteiger charge is -2.39. The first-order valence-corrected chi connectivity index (χ1v) is 11.5. The summed E-state index contributed by atoms with van der Waals surface area (Å²) in [6.07, 6.45) is 1.71. The average molecular weight is 490 g/mol. The molecule has 1 unspecified atom stereocenters. The average Bonchev–Trinajstić information content (AvgIpc) is 3.37. The molecule has 1 fully saturated rings. The standard InChI is InChI=1S/C22H28ClN7O4/c1-3-34-14-19(26-21(32)25-17-6-4-16(23)5-7-17)20(31)27-8-10-28(11-9-27)29-13-18-12-24-15(2)30(18)22(29)33/h4-7,12,19H,3,8-11,13-14H2,1-2H3,(H2,25,26,32). The Balaban J connectivity index is 1.33. The third-order valence-corrected chi connectivity index (χ3v) is 6.09. The number of benzene rings is 1. The van der Waals surface area contributed by atoms with Gasteiger partial charge in [-0.3, -0.25) is 9.80 Å². The highest BCUT2D eigenvalue weighted by molar-refractivity contribution is 6.30. The zero-order valence-corrected chi connectivity index (χ0v) is 19.9. The topological polar surface area (TPSA) is 112 Å². The van der Waals surface area contributed by atoms with Crippen LogP contribution in [0, 0.1) is 6.92 Å². The number of halogens is 1. The number of hydrogen-bond donors (Lipinski definition) is 2. The second kappa shape index (κ2) is 10.4. The van der Waals surface area contributed by atoms with Crippen molar-refractivity contribution in [1.29, 1.82) is 0 Å². The van der Waals surface area contributed by atoms with Crippen molar-refractivity contribution in [2.75, 3.05) is 44.7 Å². The van der Waals surface area contributed by atoms with E-state index in [1.165, 1.54) is 0 Å². The molecule has 0 saturated carbocycles. The summed E-state index contributed by atoms with van der Waals surface area (Å²) in [6, 6.07) is 5.22. The van der Waals surface area contributed by atoms with Crippen molar-refractivity contribution in [1.82, 2.24) is 29.8 Å². The quantitative estimate of drug-likeness (QED) is 0.614. The molecular formula is C22H28ClN7O4. The molecule has 2 aliphatic heterocycles. The number of ether oxygens (including phenoxy) is 1. The molecule has 4 amide bonds. The number of anilines is 1. The number of nitrogens with one attached hydrogen (secondary N) is 2. The van der Waals surface area contributed by atoms with E-state index in [0.717, 1.165) is 5.69 Å². The van der Waals surface area contributed by atoms with E-state index in [0.29, 0.717) is 55.9 Å². The highest BCUT2D eigenvalue weighted by Gasteiger charge is 2.36. The largest absolute Gasteiger partial charge is 0.379 e. The number of carbonyl (C=O) groups is 3. The zero-order chi connectivity index (χ0) is 24.2. The SMILES string of the molecule is CCOCC(NC(=O)Nc1ccc(Cl)cc1)C(=O)N1CCN(N2Cc3cnc(C)n3C2=O)CC1. The van der Waals surface area contributed by atoms with Crippen LogP contribution in [0.25, 0.3) is 0 Å². The predicted molar refractivity (Wildman–Crippen MR) is 125 cm³/mol. The summed E-state index contributed by atoms with van der Waals surface area (Å²) in [4.78, 5) is 44.3. The van der Waals surface area contributed by atoms with Gasteiger partial charge in [-0.1, -0.05) is 11.6 Å². The molecule has 1 atom stereocenters. The van der Waals surface area contributed by atoms with Gasteiger partial charge >= 0.3 is 12.1 Å². The van der Waals surface area contributed by atoms with Gasteiger partial charge in [-0.05, 0) is 38.1 Å². The lowest BCUT2D eigenvalue weighted by Crippen LogP contribution is -2.59. The van der Waals surface area contributed by atoms with E-state index in [1.807, 2.05) is 11.9 Å². The van der Waals surface area contributed by atoms with Crippen molar-refractivity contribution in [2.24, 2.45) is 0 Å². The number of rotatable bonds is 7. The van der Waals surface area contributed by atoms with Crippen LogP contribution in [0.2, 0.25) is 5.02 Å². The van der Waals surface area contributed by atoms with Gasteiger partial charge in [0.15, 0.2) is 0 Å². The minimum absolute atomic E-state index is 0.0654. The number of aryl methyl sites for hydroxylation is 1. The van der Waals surface area contributed by atoms with Gasteiger partial charge in [-0.25, -0.2) is 24.1 Å². The van der Waals surface area contributed by atoms with E-state index >= 15 is 0 Å². The molecule has 2 N–H and O–H groups in total. The molecule has 34 heavy (non-hydrogen) atoms. The number of piperazine rings is 1. The van der Waals surface area contributed by atoms with Crippen LogP contribution in [0.15, 0.2) is 30.5 Å². The van der Waals surface area contributed by atoms with Crippen LogP contribution in [-0.2, 0) is 16.1 Å². The van der Waals surface area contributed by atoms with Crippen LogP contribution in [0.3, 0.4) is 0 Å². The van der Waals surface area contributed by atoms with Crippen LogP contribution in [0.5, 0.6) is 0 Å². The fraction of sp³-hybridized carbons (Fsp3) is 0.455. The summed E-state index contributed by atoms with van der Waals surface area (Å²) >= 11 is 5.88. The lowest BCUT2D eigenvalue weighted by atomic mass is 10.2. The van der Waals surface area contributed by atoms with Crippen LogP contribution in [-0.4, -0.2) is 87.9 Å². The molecule has 11 nitrogen and oxygen atoms in total. The molecular weight excluding hydrogens is 462 g/mol. The molecule has 1 aromatic carbocycles. The smallest absolute Gasteiger partial charge is 0.344 e. The molecule has 2 aromatic rings. The number of amides is 4. The molecule has 1 aromatic heterocycles.